The number of amides is 1. The number of methoxy groups -OCH3 is 2. The zero-order valence-electron chi connectivity index (χ0n) is 14.3. The molecular formula is C19H17ClN2O4. The van der Waals surface area contributed by atoms with Gasteiger partial charge in [0.15, 0.2) is 0 Å². The molecule has 0 bridgehead atoms. The zero-order chi connectivity index (χ0) is 18.5. The largest absolute Gasteiger partial charge is 0.495 e. The first-order valence-corrected chi connectivity index (χ1v) is 8.19. The van der Waals surface area contributed by atoms with Crippen molar-refractivity contribution in [3.63, 3.8) is 0 Å². The maximum absolute atomic E-state index is 12.4. The van der Waals surface area contributed by atoms with Gasteiger partial charge in [-0.15, -0.1) is 0 Å². The van der Waals surface area contributed by atoms with Crippen LogP contribution in [0.1, 0.15) is 5.69 Å². The molecule has 0 fully saturated rings. The van der Waals surface area contributed by atoms with Gasteiger partial charge in [0.05, 0.1) is 37.0 Å². The summed E-state index contributed by atoms with van der Waals surface area (Å²) in [7, 11) is 3.00. The molecule has 0 saturated carbocycles. The van der Waals surface area contributed by atoms with Crippen molar-refractivity contribution in [1.29, 1.82) is 0 Å². The van der Waals surface area contributed by atoms with Crippen molar-refractivity contribution in [3.8, 4) is 23.0 Å². The van der Waals surface area contributed by atoms with Crippen molar-refractivity contribution in [3.05, 3.63) is 59.4 Å². The van der Waals surface area contributed by atoms with E-state index in [1.54, 1.807) is 12.1 Å². The van der Waals surface area contributed by atoms with Gasteiger partial charge in [0.25, 0.3) is 0 Å². The summed E-state index contributed by atoms with van der Waals surface area (Å²) in [4.78, 5) is 16.7. The number of nitrogens with one attached hydrogen (secondary N) is 1. The predicted octanol–water partition coefficient (Wildman–Crippen LogP) is 4.19. The van der Waals surface area contributed by atoms with Gasteiger partial charge in [-0.05, 0) is 12.1 Å². The summed E-state index contributed by atoms with van der Waals surface area (Å²) >= 11 is 6.07. The number of aromatic nitrogens is 1. The lowest BCUT2D eigenvalue weighted by Crippen LogP contribution is -2.15. The Morgan fingerprint density at radius 2 is 1.88 bits per heavy atom. The standard InChI is InChI=1S/C19H17ClN2O4/c1-24-16-10-15(17(25-2)9-14(16)20)22-18(23)8-13-11-26-19(21-13)12-6-4-3-5-7-12/h3-7,9-11H,8H2,1-2H3,(H,22,23). The predicted molar refractivity (Wildman–Crippen MR) is 98.8 cm³/mol. The van der Waals surface area contributed by atoms with Crippen molar-refractivity contribution in [2.75, 3.05) is 19.5 Å². The van der Waals surface area contributed by atoms with E-state index in [2.05, 4.69) is 10.3 Å². The molecule has 1 amide bonds. The molecule has 26 heavy (non-hydrogen) atoms. The monoisotopic (exact) mass is 372 g/mol. The molecule has 3 rings (SSSR count). The highest BCUT2D eigenvalue weighted by Gasteiger charge is 2.15. The van der Waals surface area contributed by atoms with E-state index in [1.807, 2.05) is 30.3 Å². The summed E-state index contributed by atoms with van der Waals surface area (Å²) in [5.74, 6) is 1.09. The molecule has 0 unspecified atom stereocenters. The minimum Gasteiger partial charge on any atom is -0.495 e. The summed E-state index contributed by atoms with van der Waals surface area (Å²) in [5.41, 5.74) is 1.84. The van der Waals surface area contributed by atoms with E-state index in [0.29, 0.717) is 33.8 Å². The van der Waals surface area contributed by atoms with Crippen LogP contribution in [-0.4, -0.2) is 25.1 Å². The van der Waals surface area contributed by atoms with E-state index < -0.39 is 0 Å². The highest BCUT2D eigenvalue weighted by Crippen LogP contribution is 2.35. The Bertz CT molecular complexity index is 909. The zero-order valence-corrected chi connectivity index (χ0v) is 15.0. The average Bonchev–Trinajstić information content (AvgIpc) is 3.11. The number of anilines is 1. The van der Waals surface area contributed by atoms with E-state index in [-0.39, 0.29) is 12.3 Å². The van der Waals surface area contributed by atoms with Crippen LogP contribution < -0.4 is 14.8 Å². The van der Waals surface area contributed by atoms with Gasteiger partial charge in [-0.25, -0.2) is 4.98 Å². The lowest BCUT2D eigenvalue weighted by Gasteiger charge is -2.12. The van der Waals surface area contributed by atoms with Gasteiger partial charge >= 0.3 is 0 Å². The Morgan fingerprint density at radius 1 is 1.15 bits per heavy atom. The van der Waals surface area contributed by atoms with Gasteiger partial charge in [0, 0.05) is 17.7 Å². The Labute approximate surface area is 155 Å². The molecule has 1 N–H and O–H groups in total. The summed E-state index contributed by atoms with van der Waals surface area (Å²) in [5, 5.41) is 3.17. The third-order valence-corrected chi connectivity index (χ3v) is 3.96. The number of nitrogens with zero attached hydrogens (tertiary/aromatic N) is 1. The fourth-order valence-electron chi connectivity index (χ4n) is 2.42. The Kier molecular flexibility index (Phi) is 5.43. The fourth-order valence-corrected chi connectivity index (χ4v) is 2.65. The number of rotatable bonds is 6. The van der Waals surface area contributed by atoms with Crippen LogP contribution in [0.4, 0.5) is 5.69 Å². The molecule has 3 aromatic rings. The molecule has 0 aliphatic carbocycles. The van der Waals surface area contributed by atoms with Crippen molar-refractivity contribution < 1.29 is 18.7 Å². The second-order valence-electron chi connectivity index (χ2n) is 5.42. The van der Waals surface area contributed by atoms with Crippen LogP contribution in [0.25, 0.3) is 11.5 Å². The van der Waals surface area contributed by atoms with E-state index in [1.165, 1.54) is 20.5 Å². The number of hydrogen-bond donors (Lipinski definition) is 1. The maximum Gasteiger partial charge on any atom is 0.230 e. The lowest BCUT2D eigenvalue weighted by molar-refractivity contribution is -0.115. The second kappa shape index (κ2) is 7.93. The van der Waals surface area contributed by atoms with Crippen LogP contribution >= 0.6 is 11.6 Å². The number of halogens is 1. The second-order valence-corrected chi connectivity index (χ2v) is 5.83. The molecule has 0 aliphatic rings. The first kappa shape index (κ1) is 17.8. The Balaban J connectivity index is 1.73. The molecule has 1 heterocycles. The quantitative estimate of drug-likeness (QED) is 0.702. The van der Waals surface area contributed by atoms with Crippen LogP contribution in [0.3, 0.4) is 0 Å². The van der Waals surface area contributed by atoms with Gasteiger partial charge < -0.3 is 19.2 Å². The van der Waals surface area contributed by atoms with Crippen molar-refractivity contribution >= 4 is 23.2 Å². The maximum atomic E-state index is 12.4. The van der Waals surface area contributed by atoms with Gasteiger partial charge in [-0.1, -0.05) is 29.8 Å². The highest BCUT2D eigenvalue weighted by atomic mass is 35.5. The third kappa shape index (κ3) is 3.97. The van der Waals surface area contributed by atoms with Crippen LogP contribution in [-0.2, 0) is 11.2 Å². The van der Waals surface area contributed by atoms with E-state index in [9.17, 15) is 4.79 Å². The summed E-state index contributed by atoms with van der Waals surface area (Å²) in [6.07, 6.45) is 1.53. The van der Waals surface area contributed by atoms with Gasteiger partial charge in [0.1, 0.15) is 17.8 Å². The molecular weight excluding hydrogens is 356 g/mol. The van der Waals surface area contributed by atoms with Crippen molar-refractivity contribution in [1.82, 2.24) is 4.98 Å². The minimum absolute atomic E-state index is 0.0600. The smallest absolute Gasteiger partial charge is 0.230 e. The molecule has 6 nitrogen and oxygen atoms in total. The van der Waals surface area contributed by atoms with E-state index in [4.69, 9.17) is 25.5 Å². The van der Waals surface area contributed by atoms with E-state index >= 15 is 0 Å². The SMILES string of the molecule is COc1cc(NC(=O)Cc2coc(-c3ccccc3)n2)c(OC)cc1Cl. The topological polar surface area (TPSA) is 73.6 Å². The van der Waals surface area contributed by atoms with Crippen molar-refractivity contribution in [2.24, 2.45) is 0 Å². The first-order chi connectivity index (χ1) is 12.6. The minimum atomic E-state index is -0.263. The molecule has 0 spiro atoms. The summed E-state index contributed by atoms with van der Waals surface area (Å²) < 4.78 is 15.9. The molecule has 7 heteroatoms. The van der Waals surface area contributed by atoms with Crippen LogP contribution in [0.2, 0.25) is 5.02 Å². The summed E-state index contributed by atoms with van der Waals surface area (Å²) in [6.45, 7) is 0. The number of oxazole rings is 1. The highest BCUT2D eigenvalue weighted by molar-refractivity contribution is 6.32. The number of ether oxygens (including phenoxy) is 2. The Hall–Kier alpha value is -2.99. The third-order valence-electron chi connectivity index (χ3n) is 3.66. The molecule has 134 valence electrons. The van der Waals surface area contributed by atoms with Gasteiger partial charge in [0.2, 0.25) is 11.8 Å². The van der Waals surface area contributed by atoms with Crippen LogP contribution in [0.15, 0.2) is 53.1 Å². The number of carbonyl (C=O) groups is 1. The normalized spacial score (nSPS) is 10.4. The Morgan fingerprint density at radius 3 is 2.58 bits per heavy atom. The number of hydrogen-bond acceptors (Lipinski definition) is 5. The van der Waals surface area contributed by atoms with E-state index in [0.717, 1.165) is 5.56 Å². The molecule has 2 aromatic carbocycles. The van der Waals surface area contributed by atoms with Crippen molar-refractivity contribution in [2.45, 2.75) is 6.42 Å². The van der Waals surface area contributed by atoms with Gasteiger partial charge in [-0.2, -0.15) is 0 Å². The van der Waals surface area contributed by atoms with Crippen LogP contribution in [0, 0.1) is 0 Å². The lowest BCUT2D eigenvalue weighted by atomic mass is 10.2. The van der Waals surface area contributed by atoms with Crippen LogP contribution in [0.5, 0.6) is 11.5 Å². The number of carbonyl (C=O) groups excluding carboxylic acids is 1. The molecule has 0 saturated heterocycles. The molecule has 0 radical (unpaired) electrons. The molecule has 1 aromatic heterocycles. The fraction of sp³-hybridized carbons (Fsp3) is 0.158. The molecule has 0 aliphatic heterocycles. The van der Waals surface area contributed by atoms with Gasteiger partial charge in [-0.3, -0.25) is 4.79 Å². The number of benzene rings is 2. The average molecular weight is 373 g/mol. The first-order valence-electron chi connectivity index (χ1n) is 7.82. The molecule has 0 atom stereocenters. The summed E-state index contributed by atoms with van der Waals surface area (Å²) in [6, 6.07) is 12.7.